The van der Waals surface area contributed by atoms with E-state index in [2.05, 4.69) is 4.99 Å². The fourth-order valence-corrected chi connectivity index (χ4v) is 7.70. The summed E-state index contributed by atoms with van der Waals surface area (Å²) in [5.74, 6) is -0.470. The van der Waals surface area contributed by atoms with Gasteiger partial charge in [-0.1, -0.05) is 72.8 Å². The summed E-state index contributed by atoms with van der Waals surface area (Å²) >= 11 is 0. The van der Waals surface area contributed by atoms with Gasteiger partial charge in [0.15, 0.2) is 6.04 Å². The van der Waals surface area contributed by atoms with E-state index in [0.29, 0.717) is 10.6 Å². The lowest BCUT2D eigenvalue weighted by molar-refractivity contribution is -0.144. The second-order valence-electron chi connectivity index (χ2n) is 8.49. The van der Waals surface area contributed by atoms with Crippen molar-refractivity contribution in [1.82, 2.24) is 4.67 Å². The molecule has 0 N–H and O–H groups in total. The van der Waals surface area contributed by atoms with Crippen molar-refractivity contribution in [2.24, 2.45) is 4.99 Å². The Bertz CT molecular complexity index is 1380. The van der Waals surface area contributed by atoms with Crippen molar-refractivity contribution < 1.29 is 14.1 Å². The highest BCUT2D eigenvalue weighted by atomic mass is 31.2. The summed E-state index contributed by atoms with van der Waals surface area (Å²) < 4.78 is 22.1. The van der Waals surface area contributed by atoms with Crippen LogP contribution in [0.4, 0.5) is 0 Å². The van der Waals surface area contributed by atoms with E-state index in [-0.39, 0.29) is 0 Å². The van der Waals surface area contributed by atoms with E-state index in [4.69, 9.17) is 4.74 Å². The van der Waals surface area contributed by atoms with Crippen molar-refractivity contribution in [3.63, 3.8) is 0 Å². The van der Waals surface area contributed by atoms with Gasteiger partial charge in [0, 0.05) is 10.6 Å². The number of ether oxygens (including phenoxy) is 1. The smallest absolute Gasteiger partial charge is 0.333 e. The van der Waals surface area contributed by atoms with Gasteiger partial charge in [-0.3, -0.25) is 14.2 Å². The predicted molar refractivity (Wildman–Crippen MR) is 137 cm³/mol. The molecule has 0 bridgehead atoms. The lowest BCUT2D eigenvalue weighted by atomic mass is 9.84. The molecule has 0 saturated carbocycles. The van der Waals surface area contributed by atoms with Gasteiger partial charge in [-0.05, 0) is 53.6 Å². The first-order chi connectivity index (χ1) is 16.5. The molecule has 6 heteroatoms. The van der Waals surface area contributed by atoms with Gasteiger partial charge < -0.3 is 4.74 Å². The maximum absolute atomic E-state index is 15.2. The molecule has 0 amide bonds. The summed E-state index contributed by atoms with van der Waals surface area (Å²) in [6.45, 7) is 1.92. The van der Waals surface area contributed by atoms with Crippen LogP contribution in [-0.4, -0.2) is 30.1 Å². The topological polar surface area (TPSA) is 59.0 Å². The van der Waals surface area contributed by atoms with Gasteiger partial charge in [0.05, 0.1) is 13.4 Å². The lowest BCUT2D eigenvalue weighted by Crippen LogP contribution is -2.50. The SMILES string of the molecule is COC(=O)[C@@H]1N=CN(P(=O)(c2ccccc2)c2ccccc2)[C@]1(C)c1ccc2ccccc2c1. The number of hydrogen-bond donors (Lipinski definition) is 0. The lowest BCUT2D eigenvalue weighted by Gasteiger charge is -2.43. The minimum Gasteiger partial charge on any atom is -0.467 e. The number of rotatable bonds is 5. The summed E-state index contributed by atoms with van der Waals surface area (Å²) in [6.07, 6.45) is 1.57. The Kier molecular flexibility index (Phi) is 5.59. The number of carbonyl (C=O) groups is 1. The Labute approximate surface area is 199 Å². The van der Waals surface area contributed by atoms with E-state index >= 15 is 4.57 Å². The van der Waals surface area contributed by atoms with Crippen molar-refractivity contribution >= 4 is 41.0 Å². The van der Waals surface area contributed by atoms with Crippen LogP contribution in [0.1, 0.15) is 12.5 Å². The normalized spacial score (nSPS) is 19.9. The van der Waals surface area contributed by atoms with Crippen LogP contribution in [0.3, 0.4) is 0 Å². The van der Waals surface area contributed by atoms with Crippen molar-refractivity contribution in [3.8, 4) is 0 Å². The molecule has 1 heterocycles. The van der Waals surface area contributed by atoms with Gasteiger partial charge in [0.25, 0.3) is 0 Å². The second-order valence-corrected chi connectivity index (χ2v) is 11.1. The third-order valence-corrected chi connectivity index (χ3v) is 9.73. The molecule has 5 nitrogen and oxygen atoms in total. The fraction of sp³-hybridized carbons (Fsp3) is 0.143. The van der Waals surface area contributed by atoms with Gasteiger partial charge in [-0.2, -0.15) is 0 Å². The van der Waals surface area contributed by atoms with Crippen molar-refractivity contribution in [2.45, 2.75) is 18.5 Å². The Hall–Kier alpha value is -3.69. The van der Waals surface area contributed by atoms with E-state index in [1.165, 1.54) is 7.11 Å². The van der Waals surface area contributed by atoms with Crippen LogP contribution in [0.15, 0.2) is 108 Å². The maximum atomic E-state index is 15.2. The molecule has 4 aromatic rings. The molecule has 0 saturated heterocycles. The minimum atomic E-state index is -3.43. The van der Waals surface area contributed by atoms with Gasteiger partial charge in [-0.25, -0.2) is 4.79 Å². The molecule has 0 unspecified atom stereocenters. The highest BCUT2D eigenvalue weighted by Crippen LogP contribution is 2.56. The molecular formula is C28H25N2O3P. The molecule has 1 aliphatic rings. The van der Waals surface area contributed by atoms with Crippen LogP contribution in [-0.2, 0) is 19.6 Å². The van der Waals surface area contributed by atoms with Crippen molar-refractivity contribution in [1.29, 1.82) is 0 Å². The number of esters is 1. The number of hydrogen-bond acceptors (Lipinski definition) is 4. The monoisotopic (exact) mass is 468 g/mol. The first kappa shape index (κ1) is 22.1. The van der Waals surface area contributed by atoms with Gasteiger partial charge in [0.2, 0.25) is 7.29 Å². The maximum Gasteiger partial charge on any atom is 0.333 e. The van der Waals surface area contributed by atoms with E-state index in [9.17, 15) is 4.79 Å². The molecular weight excluding hydrogens is 443 g/mol. The second kappa shape index (κ2) is 8.58. The van der Waals surface area contributed by atoms with Crippen LogP contribution in [0, 0.1) is 0 Å². The largest absolute Gasteiger partial charge is 0.467 e. The first-order valence-electron chi connectivity index (χ1n) is 11.1. The molecule has 0 aromatic heterocycles. The third kappa shape index (κ3) is 3.36. The molecule has 170 valence electrons. The Morgan fingerprint density at radius 1 is 0.853 bits per heavy atom. The summed E-state index contributed by atoms with van der Waals surface area (Å²) in [4.78, 5) is 17.5. The zero-order valence-electron chi connectivity index (χ0n) is 19.0. The highest BCUT2D eigenvalue weighted by Gasteiger charge is 2.55. The molecule has 4 aromatic carbocycles. The van der Waals surface area contributed by atoms with Crippen LogP contribution in [0.5, 0.6) is 0 Å². The molecule has 0 spiro atoms. The molecule has 1 aliphatic heterocycles. The average Bonchev–Trinajstić information content (AvgIpc) is 3.27. The number of nitrogens with zero attached hydrogens (tertiary/aromatic N) is 2. The molecule has 0 fully saturated rings. The summed E-state index contributed by atoms with van der Waals surface area (Å²) in [6, 6.07) is 32.0. The Morgan fingerprint density at radius 2 is 1.41 bits per heavy atom. The zero-order chi connectivity index (χ0) is 23.8. The predicted octanol–water partition coefficient (Wildman–Crippen LogP) is 4.87. The van der Waals surface area contributed by atoms with E-state index < -0.39 is 24.8 Å². The number of fused-ring (bicyclic) bond motifs is 1. The third-order valence-electron chi connectivity index (χ3n) is 6.61. The number of carbonyl (C=O) groups excluding carboxylic acids is 1. The van der Waals surface area contributed by atoms with Crippen LogP contribution < -0.4 is 10.6 Å². The molecule has 5 rings (SSSR count). The molecule has 34 heavy (non-hydrogen) atoms. The average molecular weight is 468 g/mol. The molecule has 0 aliphatic carbocycles. The van der Waals surface area contributed by atoms with Crippen molar-refractivity contribution in [2.75, 3.05) is 7.11 Å². The van der Waals surface area contributed by atoms with Crippen LogP contribution in [0.2, 0.25) is 0 Å². The Balaban J connectivity index is 1.77. The minimum absolute atomic E-state index is 0.470. The summed E-state index contributed by atoms with van der Waals surface area (Å²) in [7, 11) is -2.07. The highest BCUT2D eigenvalue weighted by molar-refractivity contribution is 7.77. The van der Waals surface area contributed by atoms with Crippen LogP contribution >= 0.6 is 7.29 Å². The molecule has 0 radical (unpaired) electrons. The standard InChI is InChI=1S/C28H25N2O3P/c1-28(23-18-17-21-11-9-10-12-22(21)19-23)26(27(31)33-2)29-20-30(28)34(32,24-13-5-3-6-14-24)25-15-7-4-8-16-25/h3-20,26H,1-2H3/t26-,28+/m0/s1. The van der Waals surface area contributed by atoms with Gasteiger partial charge in [0.1, 0.15) is 5.54 Å². The van der Waals surface area contributed by atoms with Crippen molar-refractivity contribution in [3.05, 3.63) is 109 Å². The quantitative estimate of drug-likeness (QED) is 0.310. The number of aliphatic imine (C=N–C) groups is 1. The van der Waals surface area contributed by atoms with Gasteiger partial charge in [-0.15, -0.1) is 0 Å². The van der Waals surface area contributed by atoms with E-state index in [1.54, 1.807) is 11.0 Å². The zero-order valence-corrected chi connectivity index (χ0v) is 19.9. The number of benzene rings is 4. The summed E-state index contributed by atoms with van der Waals surface area (Å²) in [5, 5.41) is 3.46. The van der Waals surface area contributed by atoms with E-state index in [1.807, 2.05) is 110 Å². The summed E-state index contributed by atoms with van der Waals surface area (Å²) in [5.41, 5.74) is -0.204. The number of methoxy groups -OCH3 is 1. The fourth-order valence-electron chi connectivity index (χ4n) is 4.74. The molecule has 2 atom stereocenters. The van der Waals surface area contributed by atoms with E-state index in [0.717, 1.165) is 16.3 Å². The van der Waals surface area contributed by atoms with Gasteiger partial charge >= 0.3 is 5.97 Å². The first-order valence-corrected chi connectivity index (χ1v) is 12.8. The Morgan fingerprint density at radius 3 is 2.00 bits per heavy atom. The van der Waals surface area contributed by atoms with Crippen LogP contribution in [0.25, 0.3) is 10.8 Å².